The van der Waals surface area contributed by atoms with Crippen LogP contribution < -0.4 is 5.32 Å². The highest BCUT2D eigenvalue weighted by atomic mass is 79.9. The van der Waals surface area contributed by atoms with E-state index in [0.717, 1.165) is 32.7 Å². The zero-order chi connectivity index (χ0) is 31.9. The monoisotopic (exact) mass is 734 g/mol. The number of nitrogens with zero attached hydrogens (tertiary/aromatic N) is 3. The Kier molecular flexibility index (Phi) is 9.13. The predicted molar refractivity (Wildman–Crippen MR) is 171 cm³/mol. The second-order valence-electron chi connectivity index (χ2n) is 11.2. The summed E-state index contributed by atoms with van der Waals surface area (Å²) >= 11 is 15.9. The molecule has 3 unspecified atom stereocenters. The second kappa shape index (κ2) is 12.9. The summed E-state index contributed by atoms with van der Waals surface area (Å²) in [6, 6.07) is 18.0. The van der Waals surface area contributed by atoms with Gasteiger partial charge in [0.2, 0.25) is 21.8 Å². The molecule has 2 saturated heterocycles. The number of nitrogens with one attached hydrogen (secondary N) is 1. The Morgan fingerprint density at radius 1 is 0.933 bits per heavy atom. The fourth-order valence-electron chi connectivity index (χ4n) is 5.79. The van der Waals surface area contributed by atoms with Crippen LogP contribution in [0, 0.1) is 0 Å². The lowest BCUT2D eigenvalue weighted by Crippen LogP contribution is -2.76. The number of rotatable bonds is 8. The number of ether oxygens (including phenoxy) is 1. The molecule has 3 aliphatic rings. The highest BCUT2D eigenvalue weighted by Gasteiger charge is 2.56. The van der Waals surface area contributed by atoms with Crippen molar-refractivity contribution in [1.29, 1.82) is 0 Å². The minimum atomic E-state index is -4.36. The van der Waals surface area contributed by atoms with E-state index in [1.165, 1.54) is 23.1 Å². The topological polar surface area (TPSA) is 116 Å². The molecule has 2 heterocycles. The van der Waals surface area contributed by atoms with Crippen molar-refractivity contribution in [3.63, 3.8) is 0 Å². The van der Waals surface area contributed by atoms with Crippen LogP contribution in [0.15, 0.2) is 82.2 Å². The number of hydrogen-bond donors (Lipinski definition) is 1. The van der Waals surface area contributed by atoms with Crippen molar-refractivity contribution in [3.05, 3.63) is 98.4 Å². The van der Waals surface area contributed by atoms with Crippen molar-refractivity contribution in [1.82, 2.24) is 19.4 Å². The van der Waals surface area contributed by atoms with Gasteiger partial charge in [0.25, 0.3) is 0 Å². The molecule has 14 heteroatoms. The number of alkyl carbamates (subject to hydrolysis) is 1. The average Bonchev–Trinajstić information content (AvgIpc) is 3.85. The third-order valence-corrected chi connectivity index (χ3v) is 11.3. The van der Waals surface area contributed by atoms with E-state index in [1.807, 2.05) is 30.3 Å². The fourth-order valence-corrected chi connectivity index (χ4v) is 8.39. The summed E-state index contributed by atoms with van der Waals surface area (Å²) in [4.78, 5) is 43.9. The third-order valence-electron chi connectivity index (χ3n) is 8.15. The van der Waals surface area contributed by atoms with Gasteiger partial charge < -0.3 is 19.9 Å². The number of amides is 3. The molecule has 1 N–H and O–H groups in total. The van der Waals surface area contributed by atoms with Crippen LogP contribution in [0.5, 0.6) is 0 Å². The first-order valence-electron chi connectivity index (χ1n) is 14.3. The Morgan fingerprint density at radius 3 is 2.31 bits per heavy atom. The van der Waals surface area contributed by atoms with Gasteiger partial charge in [-0.05, 0) is 54.3 Å². The number of benzene rings is 3. The zero-order valence-electron chi connectivity index (χ0n) is 23.8. The first kappa shape index (κ1) is 31.8. The van der Waals surface area contributed by atoms with Crippen molar-refractivity contribution >= 4 is 67.1 Å². The standard InChI is InChI=1S/C31H29BrCl2N4O6S/c32-21-8-6-19(7-9-21)14-26-30(40)36(23-11-12-23)17-28-37(45(42,43)27-13-10-22(33)15-24(27)34)16-25(29(39)38(26)28)35-31(41)44-18-20-4-2-1-3-5-20/h1-10,13,15,23,25-26,28H,11-12,14,16-18H2,(H,35,41). The molecule has 3 atom stereocenters. The van der Waals surface area contributed by atoms with Gasteiger partial charge in [-0.2, -0.15) is 4.31 Å². The Balaban J connectivity index is 1.37. The van der Waals surface area contributed by atoms with Gasteiger partial charge in [0, 0.05) is 28.5 Å². The molecule has 1 aliphatic carbocycles. The van der Waals surface area contributed by atoms with Gasteiger partial charge >= 0.3 is 6.09 Å². The van der Waals surface area contributed by atoms with Crippen LogP contribution in [-0.2, 0) is 37.4 Å². The molecule has 3 aromatic carbocycles. The highest BCUT2D eigenvalue weighted by molar-refractivity contribution is 9.10. The van der Waals surface area contributed by atoms with Crippen molar-refractivity contribution in [3.8, 4) is 0 Å². The lowest BCUT2D eigenvalue weighted by molar-refractivity contribution is -0.167. The molecule has 236 valence electrons. The van der Waals surface area contributed by atoms with E-state index >= 15 is 0 Å². The van der Waals surface area contributed by atoms with Gasteiger partial charge in [-0.3, -0.25) is 9.59 Å². The van der Waals surface area contributed by atoms with Crippen molar-refractivity contribution in [2.75, 3.05) is 13.1 Å². The van der Waals surface area contributed by atoms with E-state index < -0.39 is 40.3 Å². The number of halogens is 3. The maximum atomic E-state index is 14.3. The van der Waals surface area contributed by atoms with Crippen LogP contribution in [0.25, 0.3) is 0 Å². The number of hydrogen-bond acceptors (Lipinski definition) is 6. The van der Waals surface area contributed by atoms with E-state index in [-0.39, 0.29) is 53.0 Å². The van der Waals surface area contributed by atoms with Crippen LogP contribution in [0.3, 0.4) is 0 Å². The minimum Gasteiger partial charge on any atom is -0.445 e. The minimum absolute atomic E-state index is 0.0122. The maximum Gasteiger partial charge on any atom is 0.408 e. The van der Waals surface area contributed by atoms with Gasteiger partial charge in [-0.25, -0.2) is 13.2 Å². The molecule has 3 fully saturated rings. The lowest BCUT2D eigenvalue weighted by atomic mass is 9.97. The molecule has 3 amide bonds. The number of carbonyl (C=O) groups is 3. The second-order valence-corrected chi connectivity index (χ2v) is 14.8. The summed E-state index contributed by atoms with van der Waals surface area (Å²) in [5, 5.41) is 2.73. The summed E-state index contributed by atoms with van der Waals surface area (Å²) in [6.45, 7) is -0.454. The van der Waals surface area contributed by atoms with Crippen LogP contribution in [0.1, 0.15) is 24.0 Å². The summed E-state index contributed by atoms with van der Waals surface area (Å²) in [6.07, 6.45) is -0.190. The maximum absolute atomic E-state index is 14.3. The summed E-state index contributed by atoms with van der Waals surface area (Å²) < 4.78 is 36.0. The fraction of sp³-hybridized carbons (Fsp3) is 0.323. The SMILES string of the molecule is O=C(NC1CN(S(=O)(=O)c2ccc(Cl)cc2Cl)C2CN(C3CC3)C(=O)C(Cc3ccc(Br)cc3)N2C1=O)OCc1ccccc1. The van der Waals surface area contributed by atoms with Crippen molar-refractivity contribution < 1.29 is 27.5 Å². The number of fused-ring (bicyclic) bond motifs is 1. The lowest BCUT2D eigenvalue weighted by Gasteiger charge is -2.53. The molecule has 0 aromatic heterocycles. The first-order valence-corrected chi connectivity index (χ1v) is 17.3. The molecule has 10 nitrogen and oxygen atoms in total. The smallest absolute Gasteiger partial charge is 0.408 e. The normalized spacial score (nSPS) is 22.2. The highest BCUT2D eigenvalue weighted by Crippen LogP contribution is 2.38. The Bertz CT molecular complexity index is 1730. The Morgan fingerprint density at radius 2 is 1.64 bits per heavy atom. The average molecular weight is 736 g/mol. The largest absolute Gasteiger partial charge is 0.445 e. The van der Waals surface area contributed by atoms with Gasteiger partial charge in [0.15, 0.2) is 0 Å². The van der Waals surface area contributed by atoms with Gasteiger partial charge in [-0.1, -0.05) is 81.6 Å². The quantitative estimate of drug-likeness (QED) is 0.355. The molecular formula is C31H29BrCl2N4O6S. The molecule has 0 radical (unpaired) electrons. The third kappa shape index (κ3) is 6.71. The molecule has 0 bridgehead atoms. The number of piperazine rings is 1. The summed E-state index contributed by atoms with van der Waals surface area (Å²) in [7, 11) is -4.36. The van der Waals surface area contributed by atoms with Crippen molar-refractivity contribution in [2.45, 2.75) is 55.1 Å². The molecule has 3 aromatic rings. The van der Waals surface area contributed by atoms with Crippen LogP contribution >= 0.6 is 39.1 Å². The Hall–Kier alpha value is -3.16. The zero-order valence-corrected chi connectivity index (χ0v) is 27.7. The van der Waals surface area contributed by atoms with E-state index in [1.54, 1.807) is 29.2 Å². The predicted octanol–water partition coefficient (Wildman–Crippen LogP) is 4.83. The van der Waals surface area contributed by atoms with E-state index in [4.69, 9.17) is 27.9 Å². The molecule has 45 heavy (non-hydrogen) atoms. The first-order chi connectivity index (χ1) is 21.5. The Labute approximate surface area is 279 Å². The van der Waals surface area contributed by atoms with Crippen LogP contribution in [0.4, 0.5) is 4.79 Å². The number of sulfonamides is 1. The molecule has 0 spiro atoms. The van der Waals surface area contributed by atoms with E-state index in [2.05, 4.69) is 21.2 Å². The van der Waals surface area contributed by atoms with Gasteiger partial charge in [-0.15, -0.1) is 0 Å². The molecular weight excluding hydrogens is 707 g/mol. The van der Waals surface area contributed by atoms with Gasteiger partial charge in [0.1, 0.15) is 29.8 Å². The van der Waals surface area contributed by atoms with Crippen LogP contribution in [0.2, 0.25) is 10.0 Å². The van der Waals surface area contributed by atoms with Crippen LogP contribution in [-0.4, -0.2) is 77.8 Å². The number of carbonyl (C=O) groups excluding carboxylic acids is 3. The van der Waals surface area contributed by atoms with Crippen molar-refractivity contribution in [2.24, 2.45) is 0 Å². The van der Waals surface area contributed by atoms with Gasteiger partial charge in [0.05, 0.1) is 11.6 Å². The van der Waals surface area contributed by atoms with E-state index in [0.29, 0.717) is 0 Å². The van der Waals surface area contributed by atoms with E-state index in [9.17, 15) is 22.8 Å². The molecule has 6 rings (SSSR count). The summed E-state index contributed by atoms with van der Waals surface area (Å²) in [5.74, 6) is -0.838. The summed E-state index contributed by atoms with van der Waals surface area (Å²) in [5.41, 5.74) is 1.52. The molecule has 1 saturated carbocycles. The molecule has 2 aliphatic heterocycles.